The van der Waals surface area contributed by atoms with E-state index in [1.165, 1.54) is 13.3 Å². The van der Waals surface area contributed by atoms with E-state index in [1.54, 1.807) is 0 Å². The predicted molar refractivity (Wildman–Crippen MR) is 85.1 cm³/mol. The Morgan fingerprint density at radius 2 is 2.13 bits per heavy atom. The van der Waals surface area contributed by atoms with Crippen LogP contribution in [-0.4, -0.2) is 29.7 Å². The summed E-state index contributed by atoms with van der Waals surface area (Å²) in [6.07, 6.45) is 0.914. The molecule has 0 fully saturated rings. The average Bonchev–Trinajstić information content (AvgIpc) is 2.58. The normalized spacial score (nSPS) is 9.48. The van der Waals surface area contributed by atoms with Crippen molar-refractivity contribution >= 4 is 17.7 Å². The van der Waals surface area contributed by atoms with Gasteiger partial charge in [0.25, 0.3) is 0 Å². The second-order valence-corrected chi connectivity index (χ2v) is 4.62. The van der Waals surface area contributed by atoms with E-state index in [4.69, 9.17) is 21.1 Å². The molecule has 0 aliphatic heterocycles. The molecule has 7 heteroatoms. The summed E-state index contributed by atoms with van der Waals surface area (Å²) < 4.78 is 10.1. The molecule has 118 valence electrons. The molecule has 6 nitrogen and oxygen atoms in total. The average molecular weight is 332 g/mol. The molecule has 2 aromatic rings. The number of nitrogens with one attached hydrogen (secondary N) is 1. The molecule has 0 radical (unpaired) electrons. The van der Waals surface area contributed by atoms with Crippen LogP contribution in [0, 0.1) is 11.8 Å². The molecule has 1 aromatic carbocycles. The van der Waals surface area contributed by atoms with Crippen molar-refractivity contribution in [2.24, 2.45) is 0 Å². The minimum Gasteiger partial charge on any atom is -0.480 e. The lowest BCUT2D eigenvalue weighted by molar-refractivity contribution is 0.141. The summed E-state index contributed by atoms with van der Waals surface area (Å²) in [6, 6.07) is 9.40. The van der Waals surface area contributed by atoms with Gasteiger partial charge >= 0.3 is 6.09 Å². The summed E-state index contributed by atoms with van der Waals surface area (Å²) in [5.74, 6) is 5.83. The van der Waals surface area contributed by atoms with Gasteiger partial charge in [-0.1, -0.05) is 42.2 Å². The molecule has 23 heavy (non-hydrogen) atoms. The summed E-state index contributed by atoms with van der Waals surface area (Å²) in [4.78, 5) is 19.2. The van der Waals surface area contributed by atoms with Crippen molar-refractivity contribution in [3.63, 3.8) is 0 Å². The summed E-state index contributed by atoms with van der Waals surface area (Å²) in [7, 11) is 1.46. The molecular formula is C16H14ClN3O3. The summed E-state index contributed by atoms with van der Waals surface area (Å²) in [5, 5.41) is 2.61. The first kappa shape index (κ1) is 16.6. The number of alkyl carbamates (subject to hydrolysis) is 1. The van der Waals surface area contributed by atoms with Crippen molar-refractivity contribution in [1.29, 1.82) is 0 Å². The van der Waals surface area contributed by atoms with E-state index in [0.29, 0.717) is 5.56 Å². The molecule has 0 spiro atoms. The topological polar surface area (TPSA) is 73.3 Å². The van der Waals surface area contributed by atoms with Gasteiger partial charge in [0.05, 0.1) is 19.9 Å². The fourth-order valence-corrected chi connectivity index (χ4v) is 1.74. The van der Waals surface area contributed by atoms with Crippen molar-refractivity contribution in [3.05, 3.63) is 52.9 Å². The largest absolute Gasteiger partial charge is 0.480 e. The first-order chi connectivity index (χ1) is 11.2. The number of carbonyl (C=O) groups excluding carboxylic acids is 1. The summed E-state index contributed by atoms with van der Waals surface area (Å²) >= 11 is 5.66. The smallest absolute Gasteiger partial charge is 0.408 e. The van der Waals surface area contributed by atoms with Gasteiger partial charge in [0, 0.05) is 0 Å². The molecule has 1 aromatic heterocycles. The van der Waals surface area contributed by atoms with Gasteiger partial charge in [-0.15, -0.1) is 0 Å². The van der Waals surface area contributed by atoms with Crippen LogP contribution in [0.25, 0.3) is 0 Å². The predicted octanol–water partition coefficient (Wildman–Crippen LogP) is 2.42. The van der Waals surface area contributed by atoms with Gasteiger partial charge in [-0.3, -0.25) is 0 Å². The molecule has 0 aliphatic carbocycles. The van der Waals surface area contributed by atoms with Crippen LogP contribution in [0.3, 0.4) is 0 Å². The second kappa shape index (κ2) is 8.61. The lowest BCUT2D eigenvalue weighted by atomic mass is 10.2. The second-order valence-electron chi connectivity index (χ2n) is 4.28. The minimum atomic E-state index is -0.539. The molecular weight excluding hydrogens is 318 g/mol. The van der Waals surface area contributed by atoms with Gasteiger partial charge < -0.3 is 14.8 Å². The monoisotopic (exact) mass is 331 g/mol. The standard InChI is InChI=1S/C16H14ClN3O3/c1-22-14-13(10-19-15(17)20-14)8-5-9-18-16(21)23-11-12-6-3-2-4-7-12/h2-4,6-7,10H,9,11H2,1H3,(H,18,21). The van der Waals surface area contributed by atoms with Crippen LogP contribution in [0.15, 0.2) is 36.5 Å². The van der Waals surface area contributed by atoms with Crippen molar-refractivity contribution in [1.82, 2.24) is 15.3 Å². The molecule has 0 bridgehead atoms. The van der Waals surface area contributed by atoms with Crippen molar-refractivity contribution in [3.8, 4) is 17.7 Å². The van der Waals surface area contributed by atoms with Gasteiger partial charge in [0.2, 0.25) is 11.2 Å². The van der Waals surface area contributed by atoms with Crippen molar-refractivity contribution in [2.75, 3.05) is 13.7 Å². The van der Waals surface area contributed by atoms with E-state index in [9.17, 15) is 4.79 Å². The number of carbonyl (C=O) groups is 1. The fraction of sp³-hybridized carbons (Fsp3) is 0.188. The third-order valence-corrected chi connectivity index (χ3v) is 2.86. The molecule has 1 N–H and O–H groups in total. The highest BCUT2D eigenvalue weighted by Crippen LogP contribution is 2.14. The van der Waals surface area contributed by atoms with E-state index < -0.39 is 6.09 Å². The zero-order chi connectivity index (χ0) is 16.5. The highest BCUT2D eigenvalue weighted by atomic mass is 35.5. The number of aromatic nitrogens is 2. The first-order valence-corrected chi connectivity index (χ1v) is 7.07. The summed E-state index contributed by atoms with van der Waals surface area (Å²) in [6.45, 7) is 0.332. The maximum atomic E-state index is 11.5. The number of benzene rings is 1. The number of halogens is 1. The molecule has 1 amide bonds. The fourth-order valence-electron chi connectivity index (χ4n) is 1.62. The van der Waals surface area contributed by atoms with E-state index >= 15 is 0 Å². The maximum Gasteiger partial charge on any atom is 0.408 e. The molecule has 0 unspecified atom stereocenters. The molecule has 0 saturated heterocycles. The number of methoxy groups -OCH3 is 1. The lowest BCUT2D eigenvalue weighted by Gasteiger charge is -2.04. The van der Waals surface area contributed by atoms with Crippen LogP contribution in [0.4, 0.5) is 4.79 Å². The van der Waals surface area contributed by atoms with E-state index in [1.807, 2.05) is 30.3 Å². The Balaban J connectivity index is 1.80. The molecule has 0 saturated carbocycles. The van der Waals surface area contributed by atoms with Gasteiger partial charge in [0.15, 0.2) is 0 Å². The van der Waals surface area contributed by atoms with E-state index in [2.05, 4.69) is 27.1 Å². The van der Waals surface area contributed by atoms with Gasteiger partial charge in [-0.2, -0.15) is 4.98 Å². The number of ether oxygens (including phenoxy) is 2. The van der Waals surface area contributed by atoms with Crippen molar-refractivity contribution < 1.29 is 14.3 Å². The van der Waals surface area contributed by atoms with E-state index in [0.717, 1.165) is 5.56 Å². The molecule has 0 aliphatic rings. The van der Waals surface area contributed by atoms with Crippen LogP contribution in [0.1, 0.15) is 11.1 Å². The molecule has 1 heterocycles. The van der Waals surface area contributed by atoms with Crippen LogP contribution >= 0.6 is 11.6 Å². The van der Waals surface area contributed by atoms with Crippen LogP contribution < -0.4 is 10.1 Å². The van der Waals surface area contributed by atoms with Gasteiger partial charge in [0.1, 0.15) is 12.2 Å². The Hall–Kier alpha value is -2.78. The maximum absolute atomic E-state index is 11.5. The Morgan fingerprint density at radius 1 is 1.35 bits per heavy atom. The minimum absolute atomic E-state index is 0.0787. The van der Waals surface area contributed by atoms with Gasteiger partial charge in [-0.25, -0.2) is 9.78 Å². The number of amides is 1. The summed E-state index contributed by atoms with van der Waals surface area (Å²) in [5.41, 5.74) is 1.40. The Kier molecular flexibility index (Phi) is 6.21. The van der Waals surface area contributed by atoms with Crippen LogP contribution in [-0.2, 0) is 11.3 Å². The first-order valence-electron chi connectivity index (χ1n) is 6.69. The Bertz CT molecular complexity index is 726. The zero-order valence-electron chi connectivity index (χ0n) is 12.4. The Labute approximate surface area is 138 Å². The highest BCUT2D eigenvalue weighted by molar-refractivity contribution is 6.28. The van der Waals surface area contributed by atoms with Gasteiger partial charge in [-0.05, 0) is 17.2 Å². The van der Waals surface area contributed by atoms with Crippen LogP contribution in [0.5, 0.6) is 5.88 Å². The van der Waals surface area contributed by atoms with Crippen molar-refractivity contribution in [2.45, 2.75) is 6.61 Å². The highest BCUT2D eigenvalue weighted by Gasteiger charge is 2.04. The number of hydrogen-bond donors (Lipinski definition) is 1. The number of hydrogen-bond acceptors (Lipinski definition) is 5. The van der Waals surface area contributed by atoms with Crippen LogP contribution in [0.2, 0.25) is 5.28 Å². The molecule has 2 rings (SSSR count). The third kappa shape index (κ3) is 5.49. The number of rotatable bonds is 4. The Morgan fingerprint density at radius 3 is 2.87 bits per heavy atom. The SMILES string of the molecule is COc1nc(Cl)ncc1C#CCNC(=O)OCc1ccccc1. The quantitative estimate of drug-likeness (QED) is 0.688. The molecule has 0 atom stereocenters. The number of nitrogens with zero attached hydrogens (tertiary/aromatic N) is 2. The van der Waals surface area contributed by atoms with E-state index in [-0.39, 0.29) is 24.3 Å². The lowest BCUT2D eigenvalue weighted by Crippen LogP contribution is -2.24. The third-order valence-electron chi connectivity index (χ3n) is 2.67. The zero-order valence-corrected chi connectivity index (χ0v) is 13.1.